The van der Waals surface area contributed by atoms with Gasteiger partial charge in [0.25, 0.3) is 0 Å². The van der Waals surface area contributed by atoms with Gasteiger partial charge in [0, 0.05) is 6.54 Å². The molecule has 0 radical (unpaired) electrons. The zero-order chi connectivity index (χ0) is 11.4. The summed E-state index contributed by atoms with van der Waals surface area (Å²) < 4.78 is 0. The SMILES string of the molecule is CC(CCN1C(=O)CSCC1=O)C(=O)O. The van der Waals surface area contributed by atoms with Crippen LogP contribution < -0.4 is 0 Å². The smallest absolute Gasteiger partial charge is 0.306 e. The number of rotatable bonds is 4. The summed E-state index contributed by atoms with van der Waals surface area (Å²) in [6, 6.07) is 0. The van der Waals surface area contributed by atoms with Crippen molar-refractivity contribution in [2.45, 2.75) is 13.3 Å². The molecular weight excluding hydrogens is 218 g/mol. The molecule has 1 aliphatic heterocycles. The summed E-state index contributed by atoms with van der Waals surface area (Å²) in [7, 11) is 0. The van der Waals surface area contributed by atoms with E-state index in [0.29, 0.717) is 17.9 Å². The quantitative estimate of drug-likeness (QED) is 0.699. The number of nitrogens with zero attached hydrogens (tertiary/aromatic N) is 1. The first-order valence-corrected chi connectivity index (χ1v) is 5.81. The lowest BCUT2D eigenvalue weighted by molar-refractivity contribution is -0.145. The van der Waals surface area contributed by atoms with Crippen LogP contribution in [0.25, 0.3) is 0 Å². The van der Waals surface area contributed by atoms with Crippen LogP contribution in [0, 0.1) is 5.92 Å². The molecule has 0 aromatic heterocycles. The van der Waals surface area contributed by atoms with Crippen LogP contribution >= 0.6 is 11.8 Å². The van der Waals surface area contributed by atoms with Crippen LogP contribution in [0.5, 0.6) is 0 Å². The molecule has 1 aliphatic rings. The number of amides is 2. The number of carboxylic acids is 1. The Balaban J connectivity index is 2.45. The lowest BCUT2D eigenvalue weighted by Crippen LogP contribution is -2.44. The monoisotopic (exact) mass is 231 g/mol. The Morgan fingerprint density at radius 3 is 2.47 bits per heavy atom. The predicted octanol–water partition coefficient (Wildman–Crippen LogP) is 0.199. The van der Waals surface area contributed by atoms with Crippen molar-refractivity contribution in [3.8, 4) is 0 Å². The molecule has 1 atom stereocenters. The average Bonchev–Trinajstić information content (AvgIpc) is 2.16. The largest absolute Gasteiger partial charge is 0.481 e. The number of thioether (sulfide) groups is 1. The Kier molecular flexibility index (Phi) is 4.14. The molecule has 0 bridgehead atoms. The molecule has 6 heteroatoms. The molecule has 1 saturated heterocycles. The molecule has 0 aliphatic carbocycles. The van der Waals surface area contributed by atoms with Gasteiger partial charge in [0.1, 0.15) is 0 Å². The van der Waals surface area contributed by atoms with Gasteiger partial charge in [-0.25, -0.2) is 0 Å². The van der Waals surface area contributed by atoms with E-state index >= 15 is 0 Å². The van der Waals surface area contributed by atoms with Crippen LogP contribution in [0.2, 0.25) is 0 Å². The topological polar surface area (TPSA) is 74.7 Å². The Labute approximate surface area is 91.8 Å². The molecular formula is C9H13NO4S. The third-order valence-electron chi connectivity index (χ3n) is 2.26. The molecule has 1 fully saturated rings. The van der Waals surface area contributed by atoms with Crippen molar-refractivity contribution >= 4 is 29.5 Å². The van der Waals surface area contributed by atoms with Crippen molar-refractivity contribution in [1.29, 1.82) is 0 Å². The number of hydrogen-bond donors (Lipinski definition) is 1. The third kappa shape index (κ3) is 3.23. The molecule has 15 heavy (non-hydrogen) atoms. The molecule has 1 unspecified atom stereocenters. The second-order valence-corrected chi connectivity index (χ2v) is 4.45. The van der Waals surface area contributed by atoms with Gasteiger partial charge in [-0.3, -0.25) is 19.3 Å². The second-order valence-electron chi connectivity index (χ2n) is 3.46. The summed E-state index contributed by atoms with van der Waals surface area (Å²) in [6.07, 6.45) is 0.317. The van der Waals surface area contributed by atoms with Gasteiger partial charge in [-0.05, 0) is 6.42 Å². The summed E-state index contributed by atoms with van der Waals surface area (Å²) >= 11 is 1.30. The number of carbonyl (C=O) groups excluding carboxylic acids is 2. The minimum atomic E-state index is -0.902. The highest BCUT2D eigenvalue weighted by Crippen LogP contribution is 2.14. The highest BCUT2D eigenvalue weighted by Gasteiger charge is 2.26. The number of imide groups is 1. The van der Waals surface area contributed by atoms with Gasteiger partial charge < -0.3 is 5.11 Å². The lowest BCUT2D eigenvalue weighted by atomic mass is 10.1. The maximum Gasteiger partial charge on any atom is 0.306 e. The van der Waals surface area contributed by atoms with Gasteiger partial charge in [0.2, 0.25) is 11.8 Å². The summed E-state index contributed by atoms with van der Waals surface area (Å²) in [4.78, 5) is 34.4. The molecule has 0 aromatic carbocycles. The summed E-state index contributed by atoms with van der Waals surface area (Å²) in [6.45, 7) is 1.78. The Morgan fingerprint density at radius 2 is 2.00 bits per heavy atom. The minimum Gasteiger partial charge on any atom is -0.481 e. The van der Waals surface area contributed by atoms with E-state index in [1.807, 2.05) is 0 Å². The average molecular weight is 231 g/mol. The van der Waals surface area contributed by atoms with Crippen LogP contribution in [0.4, 0.5) is 0 Å². The van der Waals surface area contributed by atoms with Crippen LogP contribution in [0.1, 0.15) is 13.3 Å². The van der Waals surface area contributed by atoms with Gasteiger partial charge in [0.05, 0.1) is 17.4 Å². The normalized spacial score (nSPS) is 19.1. The van der Waals surface area contributed by atoms with Crippen LogP contribution in [0.3, 0.4) is 0 Å². The minimum absolute atomic E-state index is 0.214. The third-order valence-corrected chi connectivity index (χ3v) is 3.16. The fraction of sp³-hybridized carbons (Fsp3) is 0.667. The number of hydrogen-bond acceptors (Lipinski definition) is 4. The van der Waals surface area contributed by atoms with Gasteiger partial charge in [-0.15, -0.1) is 11.8 Å². The number of carboxylic acid groups (broad SMARTS) is 1. The number of aliphatic carboxylic acids is 1. The zero-order valence-electron chi connectivity index (χ0n) is 8.43. The molecule has 0 spiro atoms. The number of carbonyl (C=O) groups is 3. The lowest BCUT2D eigenvalue weighted by Gasteiger charge is -2.24. The van der Waals surface area contributed by atoms with Crippen molar-refractivity contribution in [1.82, 2.24) is 4.90 Å². The van der Waals surface area contributed by atoms with Gasteiger partial charge >= 0.3 is 5.97 Å². The van der Waals surface area contributed by atoms with Crippen LogP contribution in [0.15, 0.2) is 0 Å². The van der Waals surface area contributed by atoms with E-state index in [4.69, 9.17) is 5.11 Å². The van der Waals surface area contributed by atoms with Gasteiger partial charge in [-0.1, -0.05) is 6.92 Å². The van der Waals surface area contributed by atoms with Crippen LogP contribution in [-0.4, -0.2) is 45.8 Å². The molecule has 0 aromatic rings. The maximum absolute atomic E-state index is 11.3. The van der Waals surface area contributed by atoms with E-state index < -0.39 is 11.9 Å². The van der Waals surface area contributed by atoms with Gasteiger partial charge in [-0.2, -0.15) is 0 Å². The van der Waals surface area contributed by atoms with Crippen LogP contribution in [-0.2, 0) is 14.4 Å². The van der Waals surface area contributed by atoms with Crippen molar-refractivity contribution in [2.75, 3.05) is 18.1 Å². The second kappa shape index (κ2) is 5.16. The highest BCUT2D eigenvalue weighted by molar-refractivity contribution is 8.00. The standard InChI is InChI=1S/C9H13NO4S/c1-6(9(13)14)2-3-10-7(11)4-15-5-8(10)12/h6H,2-5H2,1H3,(H,13,14). The first-order chi connectivity index (χ1) is 7.02. The maximum atomic E-state index is 11.3. The van der Waals surface area contributed by atoms with Crippen molar-refractivity contribution < 1.29 is 19.5 Å². The summed E-state index contributed by atoms with van der Waals surface area (Å²) in [5.41, 5.74) is 0. The molecule has 5 nitrogen and oxygen atoms in total. The molecule has 84 valence electrons. The highest BCUT2D eigenvalue weighted by atomic mass is 32.2. The summed E-state index contributed by atoms with van der Waals surface area (Å²) in [5, 5.41) is 8.65. The summed E-state index contributed by atoms with van der Waals surface area (Å²) in [5.74, 6) is -1.23. The zero-order valence-corrected chi connectivity index (χ0v) is 9.25. The molecule has 1 N–H and O–H groups in total. The van der Waals surface area contributed by atoms with Crippen molar-refractivity contribution in [3.05, 3.63) is 0 Å². The fourth-order valence-electron chi connectivity index (χ4n) is 1.22. The van der Waals surface area contributed by atoms with E-state index in [1.54, 1.807) is 6.92 Å². The van der Waals surface area contributed by atoms with E-state index in [9.17, 15) is 14.4 Å². The fourth-order valence-corrected chi connectivity index (χ4v) is 1.98. The van der Waals surface area contributed by atoms with E-state index in [1.165, 1.54) is 11.8 Å². The molecule has 2 amide bonds. The Morgan fingerprint density at radius 1 is 1.47 bits per heavy atom. The molecule has 1 heterocycles. The van der Waals surface area contributed by atoms with Crippen molar-refractivity contribution in [3.63, 3.8) is 0 Å². The Bertz CT molecular complexity index is 276. The first kappa shape index (κ1) is 12.0. The molecule has 0 saturated carbocycles. The predicted molar refractivity (Wildman–Crippen MR) is 55.5 cm³/mol. The first-order valence-electron chi connectivity index (χ1n) is 4.66. The Hall–Kier alpha value is -1.04. The van der Waals surface area contributed by atoms with E-state index in [0.717, 1.165) is 4.90 Å². The van der Waals surface area contributed by atoms with E-state index in [-0.39, 0.29) is 18.4 Å². The van der Waals surface area contributed by atoms with E-state index in [2.05, 4.69) is 0 Å². The van der Waals surface area contributed by atoms with Crippen molar-refractivity contribution in [2.24, 2.45) is 5.92 Å². The molecule has 1 rings (SSSR count). The van der Waals surface area contributed by atoms with Gasteiger partial charge in [0.15, 0.2) is 0 Å².